The van der Waals surface area contributed by atoms with E-state index in [4.69, 9.17) is 5.21 Å². The lowest BCUT2D eigenvalue weighted by Crippen LogP contribution is -2.14. The Kier molecular flexibility index (Phi) is 1.31. The van der Waals surface area contributed by atoms with Gasteiger partial charge in [0.25, 0.3) is 5.84 Å². The minimum atomic E-state index is -0.549. The van der Waals surface area contributed by atoms with Crippen LogP contribution in [0, 0.1) is 0 Å². The van der Waals surface area contributed by atoms with Crippen LogP contribution in [-0.2, 0) is 4.79 Å². The molecular weight excluding hydrogens is 124 g/mol. The molecule has 1 N–H and O–H groups in total. The Balaban J connectivity index is 2.91. The molecule has 0 saturated heterocycles. The van der Waals surface area contributed by atoms with Crippen LogP contribution in [0.2, 0.25) is 0 Å². The lowest BCUT2D eigenvalue weighted by molar-refractivity contribution is -0.107. The van der Waals surface area contributed by atoms with Crippen LogP contribution >= 0.6 is 0 Å². The Morgan fingerprint density at radius 2 is 2.44 bits per heavy atom. The monoisotopic (exact) mass is 126 g/mol. The van der Waals surface area contributed by atoms with Crippen molar-refractivity contribution < 1.29 is 10.0 Å². The summed E-state index contributed by atoms with van der Waals surface area (Å²) in [5.41, 5.74) is 0. The topological polar surface area (TPSA) is 86.7 Å². The molecule has 0 aromatic carbocycles. The normalized spacial score (nSPS) is 21.3. The molecule has 1 rings (SSSR count). The van der Waals surface area contributed by atoms with Crippen LogP contribution in [0.4, 0.5) is 0 Å². The summed E-state index contributed by atoms with van der Waals surface area (Å²) in [5, 5.41) is 19.9. The van der Waals surface area contributed by atoms with Gasteiger partial charge < -0.3 is 5.21 Å². The zero-order valence-corrected chi connectivity index (χ0v) is 4.22. The van der Waals surface area contributed by atoms with Crippen molar-refractivity contribution in [1.82, 2.24) is 0 Å². The Bertz CT molecular complexity index is 216. The molecule has 0 aromatic heterocycles. The lowest BCUT2D eigenvalue weighted by Gasteiger charge is -1.90. The summed E-state index contributed by atoms with van der Waals surface area (Å²) in [5.74, 6) is -0.891. The number of hydrogen-bond acceptors (Lipinski definition) is 5. The molecule has 0 spiro atoms. The molecule has 0 bridgehead atoms. The standard InChI is InChI=1S/C3H2N4O2/c8-2-1-4-7-5-3(2)6-9/h1,9H. The molecule has 9 heavy (non-hydrogen) atoms. The Morgan fingerprint density at radius 3 is 2.89 bits per heavy atom. The zero-order valence-electron chi connectivity index (χ0n) is 4.22. The highest BCUT2D eigenvalue weighted by atomic mass is 16.4. The average molecular weight is 126 g/mol. The predicted octanol–water partition coefficient (Wildman–Crippen LogP) is -0.205. The summed E-state index contributed by atoms with van der Waals surface area (Å²) in [6, 6.07) is 0. The lowest BCUT2D eigenvalue weighted by atomic mass is 10.4. The Morgan fingerprint density at radius 1 is 1.67 bits per heavy atom. The molecule has 0 aromatic rings. The van der Waals surface area contributed by atoms with Crippen molar-refractivity contribution in [3.8, 4) is 0 Å². The minimum absolute atomic E-state index is 0.343. The van der Waals surface area contributed by atoms with E-state index in [0.29, 0.717) is 0 Å². The van der Waals surface area contributed by atoms with E-state index in [9.17, 15) is 4.79 Å². The van der Waals surface area contributed by atoms with Gasteiger partial charge >= 0.3 is 0 Å². The second-order valence-corrected chi connectivity index (χ2v) is 1.22. The van der Waals surface area contributed by atoms with Gasteiger partial charge in [-0.15, -0.1) is 10.2 Å². The van der Waals surface area contributed by atoms with Crippen LogP contribution in [0.25, 0.3) is 0 Å². The minimum Gasteiger partial charge on any atom is -0.409 e. The van der Waals surface area contributed by atoms with Gasteiger partial charge in [-0.2, -0.15) is 0 Å². The molecule has 46 valence electrons. The quantitative estimate of drug-likeness (QED) is 0.359. The van der Waals surface area contributed by atoms with E-state index in [1.165, 1.54) is 0 Å². The second-order valence-electron chi connectivity index (χ2n) is 1.22. The molecule has 6 heteroatoms. The van der Waals surface area contributed by atoms with Crippen molar-refractivity contribution in [2.75, 3.05) is 0 Å². The van der Waals surface area contributed by atoms with Crippen molar-refractivity contribution in [2.45, 2.75) is 0 Å². The van der Waals surface area contributed by atoms with Crippen LogP contribution in [0.15, 0.2) is 20.6 Å². The number of Topliss-reactive ketones (excluding diaryl/α,β-unsaturated/α-hetero) is 1. The first kappa shape index (κ1) is 5.54. The van der Waals surface area contributed by atoms with Gasteiger partial charge in [0.15, 0.2) is 0 Å². The third kappa shape index (κ3) is 0.958. The van der Waals surface area contributed by atoms with Crippen LogP contribution in [-0.4, -0.2) is 23.0 Å². The number of rotatable bonds is 0. The van der Waals surface area contributed by atoms with Gasteiger partial charge in [0.2, 0.25) is 5.78 Å². The molecule has 1 aliphatic heterocycles. The molecule has 0 fully saturated rings. The second kappa shape index (κ2) is 2.12. The van der Waals surface area contributed by atoms with E-state index in [-0.39, 0.29) is 5.84 Å². The summed E-state index contributed by atoms with van der Waals surface area (Å²) in [6.45, 7) is 0. The average Bonchev–Trinajstić information content (AvgIpc) is 1.89. The van der Waals surface area contributed by atoms with Crippen LogP contribution in [0.1, 0.15) is 0 Å². The number of carbonyl (C=O) groups is 1. The van der Waals surface area contributed by atoms with Gasteiger partial charge in [0.05, 0.1) is 0 Å². The predicted molar refractivity (Wildman–Crippen MR) is 27.6 cm³/mol. The zero-order chi connectivity index (χ0) is 6.69. The first-order valence-corrected chi connectivity index (χ1v) is 2.05. The SMILES string of the molecule is O=C1C=NN=NC1=NO. The smallest absolute Gasteiger partial charge is 0.263 e. The highest BCUT2D eigenvalue weighted by Crippen LogP contribution is 1.90. The largest absolute Gasteiger partial charge is 0.409 e. The van der Waals surface area contributed by atoms with E-state index in [1.54, 1.807) is 0 Å². The van der Waals surface area contributed by atoms with Crippen molar-refractivity contribution in [2.24, 2.45) is 20.6 Å². The molecule has 1 heterocycles. The number of hydrogen-bond donors (Lipinski definition) is 1. The van der Waals surface area contributed by atoms with Crippen molar-refractivity contribution in [3.63, 3.8) is 0 Å². The third-order valence-electron chi connectivity index (χ3n) is 0.681. The molecule has 1 aliphatic rings. The molecule has 0 aliphatic carbocycles. The third-order valence-corrected chi connectivity index (χ3v) is 0.681. The highest BCUT2D eigenvalue weighted by molar-refractivity contribution is 6.60. The fraction of sp³-hybridized carbons (Fsp3) is 0. The molecule has 0 atom stereocenters. The van der Waals surface area contributed by atoms with E-state index < -0.39 is 5.78 Å². The molecule has 0 radical (unpaired) electrons. The van der Waals surface area contributed by atoms with E-state index in [1.807, 2.05) is 0 Å². The molecule has 6 nitrogen and oxygen atoms in total. The van der Waals surface area contributed by atoms with Crippen molar-refractivity contribution in [3.05, 3.63) is 0 Å². The van der Waals surface area contributed by atoms with Gasteiger partial charge in [-0.05, 0) is 5.22 Å². The van der Waals surface area contributed by atoms with Gasteiger partial charge in [0.1, 0.15) is 6.21 Å². The molecular formula is C3H2N4O2. The van der Waals surface area contributed by atoms with Crippen molar-refractivity contribution >= 4 is 17.8 Å². The van der Waals surface area contributed by atoms with Gasteiger partial charge in [-0.1, -0.05) is 5.16 Å². The summed E-state index contributed by atoms with van der Waals surface area (Å²) >= 11 is 0. The van der Waals surface area contributed by atoms with Gasteiger partial charge in [-0.25, -0.2) is 0 Å². The van der Waals surface area contributed by atoms with Crippen LogP contribution < -0.4 is 0 Å². The maximum atomic E-state index is 10.4. The fourth-order valence-electron chi connectivity index (χ4n) is 0.323. The summed E-state index contributed by atoms with van der Waals surface area (Å²) in [7, 11) is 0. The molecule has 0 unspecified atom stereocenters. The Hall–Kier alpha value is -1.59. The first-order valence-electron chi connectivity index (χ1n) is 2.05. The summed E-state index contributed by atoms with van der Waals surface area (Å²) in [4.78, 5) is 10.4. The highest BCUT2D eigenvalue weighted by Gasteiger charge is 2.10. The Labute approximate surface area is 49.6 Å². The van der Waals surface area contributed by atoms with E-state index >= 15 is 0 Å². The number of oxime groups is 1. The summed E-state index contributed by atoms with van der Waals surface area (Å²) < 4.78 is 0. The van der Waals surface area contributed by atoms with Crippen LogP contribution in [0.5, 0.6) is 0 Å². The van der Waals surface area contributed by atoms with E-state index in [0.717, 1.165) is 6.21 Å². The molecule has 0 saturated carbocycles. The van der Waals surface area contributed by atoms with Crippen molar-refractivity contribution in [1.29, 1.82) is 0 Å². The fourth-order valence-corrected chi connectivity index (χ4v) is 0.323. The van der Waals surface area contributed by atoms with Gasteiger partial charge in [-0.3, -0.25) is 4.79 Å². The van der Waals surface area contributed by atoms with Crippen LogP contribution in [0.3, 0.4) is 0 Å². The van der Waals surface area contributed by atoms with E-state index in [2.05, 4.69) is 20.6 Å². The first-order chi connectivity index (χ1) is 4.34. The maximum Gasteiger partial charge on any atom is 0.263 e. The number of nitrogens with zero attached hydrogens (tertiary/aromatic N) is 4. The summed E-state index contributed by atoms with van der Waals surface area (Å²) in [6.07, 6.45) is 0.919. The number of ketones is 1. The molecule has 0 amide bonds. The number of carbonyl (C=O) groups excluding carboxylic acids is 1. The number of amidine groups is 1. The van der Waals surface area contributed by atoms with Gasteiger partial charge in [0, 0.05) is 0 Å². The maximum absolute atomic E-state index is 10.4.